The SMILES string of the molecule is CC(C)=C(C)[C@@H]1CCN(C(=O)OC(C)(C)C)C(=O)C1. The maximum absolute atomic E-state index is 12.1. The molecule has 1 heterocycles. The smallest absolute Gasteiger partial charge is 0.417 e. The van der Waals surface area contributed by atoms with Crippen LogP contribution in [0, 0.1) is 5.92 Å². The lowest BCUT2D eigenvalue weighted by Gasteiger charge is -2.32. The van der Waals surface area contributed by atoms with Gasteiger partial charge in [0.25, 0.3) is 0 Å². The van der Waals surface area contributed by atoms with E-state index in [1.54, 1.807) is 20.8 Å². The highest BCUT2D eigenvalue weighted by atomic mass is 16.6. The van der Waals surface area contributed by atoms with Crippen molar-refractivity contribution in [3.8, 4) is 0 Å². The molecule has 1 saturated heterocycles. The summed E-state index contributed by atoms with van der Waals surface area (Å²) < 4.78 is 5.24. The van der Waals surface area contributed by atoms with Crippen molar-refractivity contribution < 1.29 is 14.3 Å². The molecule has 0 aliphatic carbocycles. The number of piperidine rings is 1. The van der Waals surface area contributed by atoms with Crippen molar-refractivity contribution in [3.63, 3.8) is 0 Å². The number of likely N-dealkylation sites (tertiary alicyclic amines) is 1. The molecule has 0 aromatic heterocycles. The van der Waals surface area contributed by atoms with Gasteiger partial charge in [-0.3, -0.25) is 4.79 Å². The van der Waals surface area contributed by atoms with Crippen LogP contribution in [0.1, 0.15) is 54.4 Å². The normalized spacial score (nSPS) is 20.2. The third-order valence-electron chi connectivity index (χ3n) is 3.44. The zero-order valence-corrected chi connectivity index (χ0v) is 12.9. The summed E-state index contributed by atoms with van der Waals surface area (Å²) in [6, 6.07) is 0. The van der Waals surface area contributed by atoms with Crippen molar-refractivity contribution in [3.05, 3.63) is 11.1 Å². The lowest BCUT2D eigenvalue weighted by molar-refractivity contribution is -0.133. The summed E-state index contributed by atoms with van der Waals surface area (Å²) in [7, 11) is 0. The van der Waals surface area contributed by atoms with Crippen LogP contribution in [0.2, 0.25) is 0 Å². The van der Waals surface area contributed by atoms with Gasteiger partial charge in [-0.05, 0) is 53.9 Å². The van der Waals surface area contributed by atoms with E-state index in [2.05, 4.69) is 20.8 Å². The Morgan fingerprint density at radius 1 is 1.26 bits per heavy atom. The Labute approximate surface area is 115 Å². The molecule has 0 aromatic rings. The molecule has 0 radical (unpaired) electrons. The van der Waals surface area contributed by atoms with Crippen LogP contribution in [0.5, 0.6) is 0 Å². The Hall–Kier alpha value is -1.32. The van der Waals surface area contributed by atoms with E-state index in [0.29, 0.717) is 13.0 Å². The number of allylic oxidation sites excluding steroid dienone is 2. The van der Waals surface area contributed by atoms with Crippen LogP contribution in [0.25, 0.3) is 0 Å². The zero-order valence-electron chi connectivity index (χ0n) is 12.9. The number of hydrogen-bond acceptors (Lipinski definition) is 3. The van der Waals surface area contributed by atoms with Crippen LogP contribution in [-0.2, 0) is 9.53 Å². The Kier molecular flexibility index (Phi) is 4.77. The van der Waals surface area contributed by atoms with E-state index in [9.17, 15) is 9.59 Å². The van der Waals surface area contributed by atoms with Gasteiger partial charge in [0.15, 0.2) is 0 Å². The molecule has 0 spiro atoms. The number of rotatable bonds is 1. The first-order chi connectivity index (χ1) is 8.61. The van der Waals surface area contributed by atoms with E-state index in [4.69, 9.17) is 4.74 Å². The first kappa shape index (κ1) is 15.7. The number of ether oxygens (including phenoxy) is 1. The predicted molar refractivity (Wildman–Crippen MR) is 74.7 cm³/mol. The number of nitrogens with zero attached hydrogens (tertiary/aromatic N) is 1. The fourth-order valence-corrected chi connectivity index (χ4v) is 2.12. The molecule has 0 aromatic carbocycles. The molecule has 2 amide bonds. The Morgan fingerprint density at radius 2 is 1.84 bits per heavy atom. The van der Waals surface area contributed by atoms with Crippen LogP contribution in [0.4, 0.5) is 4.79 Å². The van der Waals surface area contributed by atoms with Crippen molar-refractivity contribution in [2.75, 3.05) is 6.54 Å². The van der Waals surface area contributed by atoms with Crippen LogP contribution in [0.3, 0.4) is 0 Å². The summed E-state index contributed by atoms with van der Waals surface area (Å²) in [6.45, 7) is 12.0. The molecule has 0 unspecified atom stereocenters. The number of imide groups is 1. The first-order valence-corrected chi connectivity index (χ1v) is 6.79. The monoisotopic (exact) mass is 267 g/mol. The second-order valence-electron chi connectivity index (χ2n) is 6.40. The van der Waals surface area contributed by atoms with E-state index < -0.39 is 11.7 Å². The summed E-state index contributed by atoms with van der Waals surface area (Å²) in [5, 5.41) is 0. The molecule has 0 saturated carbocycles. The number of carbonyl (C=O) groups excluding carboxylic acids is 2. The van der Waals surface area contributed by atoms with Gasteiger partial charge < -0.3 is 4.74 Å². The summed E-state index contributed by atoms with van der Waals surface area (Å²) >= 11 is 0. The number of amides is 2. The lowest BCUT2D eigenvalue weighted by Crippen LogP contribution is -2.45. The molecular formula is C15H25NO3. The molecule has 108 valence electrons. The van der Waals surface area contributed by atoms with E-state index in [1.165, 1.54) is 16.0 Å². The molecule has 1 rings (SSSR count). The quantitative estimate of drug-likeness (QED) is 0.683. The third kappa shape index (κ3) is 4.37. The van der Waals surface area contributed by atoms with Gasteiger partial charge in [0.1, 0.15) is 5.60 Å². The van der Waals surface area contributed by atoms with Crippen LogP contribution in [-0.4, -0.2) is 29.0 Å². The molecule has 4 heteroatoms. The molecule has 0 N–H and O–H groups in total. The standard InChI is InChI=1S/C15H25NO3/c1-10(2)11(3)12-7-8-16(13(17)9-12)14(18)19-15(4,5)6/h12H,7-9H2,1-6H3/t12-/m1/s1. The Morgan fingerprint density at radius 3 is 2.26 bits per heavy atom. The van der Waals surface area contributed by atoms with E-state index >= 15 is 0 Å². The summed E-state index contributed by atoms with van der Waals surface area (Å²) in [5.74, 6) is 0.127. The van der Waals surface area contributed by atoms with Gasteiger partial charge in [-0.2, -0.15) is 0 Å². The minimum absolute atomic E-state index is 0.133. The highest BCUT2D eigenvalue weighted by molar-refractivity contribution is 5.92. The molecule has 19 heavy (non-hydrogen) atoms. The van der Waals surface area contributed by atoms with Crippen LogP contribution < -0.4 is 0 Å². The molecule has 0 bridgehead atoms. The lowest BCUT2D eigenvalue weighted by atomic mass is 9.87. The summed E-state index contributed by atoms with van der Waals surface area (Å²) in [5.41, 5.74) is 1.95. The highest BCUT2D eigenvalue weighted by Gasteiger charge is 2.33. The van der Waals surface area contributed by atoms with Gasteiger partial charge in [-0.15, -0.1) is 0 Å². The van der Waals surface area contributed by atoms with Gasteiger partial charge >= 0.3 is 6.09 Å². The average Bonchev–Trinajstić information content (AvgIpc) is 2.25. The average molecular weight is 267 g/mol. The highest BCUT2D eigenvalue weighted by Crippen LogP contribution is 2.28. The minimum atomic E-state index is -0.565. The molecular weight excluding hydrogens is 242 g/mol. The third-order valence-corrected chi connectivity index (χ3v) is 3.44. The van der Waals surface area contributed by atoms with Gasteiger partial charge in [0.2, 0.25) is 5.91 Å². The largest absolute Gasteiger partial charge is 0.443 e. The summed E-state index contributed by atoms with van der Waals surface area (Å²) in [6.07, 6.45) is 0.698. The fourth-order valence-electron chi connectivity index (χ4n) is 2.12. The van der Waals surface area contributed by atoms with Gasteiger partial charge in [-0.25, -0.2) is 9.69 Å². The van der Waals surface area contributed by atoms with Crippen molar-refractivity contribution in [2.24, 2.45) is 5.92 Å². The van der Waals surface area contributed by atoms with Crippen molar-refractivity contribution in [1.82, 2.24) is 4.90 Å². The first-order valence-electron chi connectivity index (χ1n) is 6.79. The maximum Gasteiger partial charge on any atom is 0.417 e. The van der Waals surface area contributed by atoms with Gasteiger partial charge in [0, 0.05) is 13.0 Å². The van der Waals surface area contributed by atoms with Gasteiger partial charge in [-0.1, -0.05) is 11.1 Å². The van der Waals surface area contributed by atoms with E-state index in [0.717, 1.165) is 6.42 Å². The van der Waals surface area contributed by atoms with Crippen LogP contribution >= 0.6 is 0 Å². The molecule has 4 nitrogen and oxygen atoms in total. The molecule has 1 aliphatic heterocycles. The second-order valence-corrected chi connectivity index (χ2v) is 6.40. The van der Waals surface area contributed by atoms with Gasteiger partial charge in [0.05, 0.1) is 0 Å². The van der Waals surface area contributed by atoms with Crippen molar-refractivity contribution in [1.29, 1.82) is 0 Å². The minimum Gasteiger partial charge on any atom is -0.443 e. The number of hydrogen-bond donors (Lipinski definition) is 0. The second kappa shape index (κ2) is 5.76. The number of carbonyl (C=O) groups is 2. The molecule has 1 atom stereocenters. The zero-order chi connectivity index (χ0) is 14.8. The van der Waals surface area contributed by atoms with E-state index in [-0.39, 0.29) is 11.8 Å². The predicted octanol–water partition coefficient (Wildman–Crippen LogP) is 3.52. The molecule has 1 fully saturated rings. The topological polar surface area (TPSA) is 46.6 Å². The summed E-state index contributed by atoms with van der Waals surface area (Å²) in [4.78, 5) is 25.2. The fraction of sp³-hybridized carbons (Fsp3) is 0.733. The molecule has 1 aliphatic rings. The maximum atomic E-state index is 12.1. The van der Waals surface area contributed by atoms with Crippen LogP contribution in [0.15, 0.2) is 11.1 Å². The van der Waals surface area contributed by atoms with E-state index in [1.807, 2.05) is 0 Å². The Bertz CT molecular complexity index is 400. The van der Waals surface area contributed by atoms with Crippen molar-refractivity contribution in [2.45, 2.75) is 60.0 Å². The Balaban J connectivity index is 2.68. The van der Waals surface area contributed by atoms with Crippen molar-refractivity contribution >= 4 is 12.0 Å².